The molecule has 0 aliphatic heterocycles. The first-order valence-corrected chi connectivity index (χ1v) is 11.3. The SMILES string of the molecule is Cc1ccccc1[C@H](C/C(=N\O)c1ccc(=O)[nH]c1C)c1ccc(-c2ccc(C(=O)O)cc2)cc1. The molecule has 0 saturated carbocycles. The maximum absolute atomic E-state index is 11.7. The smallest absolute Gasteiger partial charge is 0.335 e. The third-order valence-electron chi connectivity index (χ3n) is 6.29. The number of benzene rings is 3. The largest absolute Gasteiger partial charge is 0.478 e. The fourth-order valence-electron chi connectivity index (χ4n) is 4.39. The van der Waals surface area contributed by atoms with Crippen LogP contribution < -0.4 is 5.56 Å². The second kappa shape index (κ2) is 10.2. The van der Waals surface area contributed by atoms with Crippen LogP contribution in [0.25, 0.3) is 11.1 Å². The Morgan fingerprint density at radius 1 is 0.886 bits per heavy atom. The van der Waals surface area contributed by atoms with E-state index < -0.39 is 5.97 Å². The summed E-state index contributed by atoms with van der Waals surface area (Å²) in [6.45, 7) is 3.84. The van der Waals surface area contributed by atoms with E-state index in [1.807, 2.05) is 36.4 Å². The van der Waals surface area contributed by atoms with Crippen LogP contribution in [0.4, 0.5) is 0 Å². The van der Waals surface area contributed by atoms with E-state index in [9.17, 15) is 14.8 Å². The van der Waals surface area contributed by atoms with Gasteiger partial charge in [-0.2, -0.15) is 0 Å². The number of aromatic amines is 1. The van der Waals surface area contributed by atoms with Crippen molar-refractivity contribution in [2.75, 3.05) is 0 Å². The Balaban J connectivity index is 1.71. The van der Waals surface area contributed by atoms with Crippen LogP contribution in [0.5, 0.6) is 0 Å². The number of aryl methyl sites for hydroxylation is 2. The Kier molecular flexibility index (Phi) is 6.92. The van der Waals surface area contributed by atoms with E-state index in [4.69, 9.17) is 5.11 Å². The van der Waals surface area contributed by atoms with Gasteiger partial charge in [0, 0.05) is 29.7 Å². The molecule has 0 saturated heterocycles. The van der Waals surface area contributed by atoms with Crippen molar-refractivity contribution >= 4 is 11.7 Å². The first kappa shape index (κ1) is 23.7. The lowest BCUT2D eigenvalue weighted by Crippen LogP contribution is -2.16. The molecule has 1 aromatic heterocycles. The number of carboxylic acids is 1. The van der Waals surface area contributed by atoms with E-state index in [0.29, 0.717) is 23.4 Å². The number of nitrogens with one attached hydrogen (secondary N) is 1. The average molecular weight is 467 g/mol. The average Bonchev–Trinajstić information content (AvgIpc) is 2.86. The molecule has 176 valence electrons. The van der Waals surface area contributed by atoms with E-state index in [-0.39, 0.29) is 17.0 Å². The monoisotopic (exact) mass is 466 g/mol. The minimum absolute atomic E-state index is 0.0862. The van der Waals surface area contributed by atoms with Gasteiger partial charge in [0.15, 0.2) is 0 Å². The number of aromatic carboxylic acids is 1. The quantitative estimate of drug-likeness (QED) is 0.183. The maximum Gasteiger partial charge on any atom is 0.335 e. The molecule has 0 radical (unpaired) electrons. The third kappa shape index (κ3) is 5.22. The number of hydrogen-bond donors (Lipinski definition) is 3. The van der Waals surface area contributed by atoms with Gasteiger partial charge < -0.3 is 15.3 Å². The number of carboxylic acid groups (broad SMARTS) is 1. The molecule has 0 fully saturated rings. The number of rotatable bonds is 7. The Hall–Kier alpha value is -4.45. The number of carbonyl (C=O) groups is 1. The normalized spacial score (nSPS) is 12.3. The summed E-state index contributed by atoms with van der Waals surface area (Å²) < 4.78 is 0. The van der Waals surface area contributed by atoms with Gasteiger partial charge in [-0.15, -0.1) is 0 Å². The zero-order chi connectivity index (χ0) is 24.9. The Bertz CT molecular complexity index is 1440. The highest BCUT2D eigenvalue weighted by Gasteiger charge is 2.21. The van der Waals surface area contributed by atoms with Crippen molar-refractivity contribution in [3.05, 3.63) is 129 Å². The molecule has 3 N–H and O–H groups in total. The molecule has 1 heterocycles. The van der Waals surface area contributed by atoms with E-state index >= 15 is 0 Å². The maximum atomic E-state index is 11.7. The van der Waals surface area contributed by atoms with E-state index in [0.717, 1.165) is 27.8 Å². The van der Waals surface area contributed by atoms with Gasteiger partial charge in [-0.1, -0.05) is 65.8 Å². The van der Waals surface area contributed by atoms with Crippen LogP contribution in [0.2, 0.25) is 0 Å². The first-order valence-electron chi connectivity index (χ1n) is 11.3. The van der Waals surface area contributed by atoms with Crippen LogP contribution in [0.3, 0.4) is 0 Å². The summed E-state index contributed by atoms with van der Waals surface area (Å²) >= 11 is 0. The lowest BCUT2D eigenvalue weighted by molar-refractivity contribution is 0.0697. The van der Waals surface area contributed by atoms with Crippen molar-refractivity contribution in [2.45, 2.75) is 26.2 Å². The lowest BCUT2D eigenvalue weighted by Gasteiger charge is -2.21. The van der Waals surface area contributed by atoms with Gasteiger partial charge in [-0.3, -0.25) is 4.79 Å². The van der Waals surface area contributed by atoms with Crippen LogP contribution in [0.1, 0.15) is 50.6 Å². The fraction of sp³-hybridized carbons (Fsp3) is 0.138. The summed E-state index contributed by atoms with van der Waals surface area (Å²) in [6.07, 6.45) is 0.431. The summed E-state index contributed by atoms with van der Waals surface area (Å²) in [5.41, 5.74) is 7.07. The first-order chi connectivity index (χ1) is 16.9. The number of H-pyrrole nitrogens is 1. The van der Waals surface area contributed by atoms with Crippen LogP contribution >= 0.6 is 0 Å². The van der Waals surface area contributed by atoms with Gasteiger partial charge in [0.2, 0.25) is 5.56 Å². The summed E-state index contributed by atoms with van der Waals surface area (Å²) in [5, 5.41) is 22.6. The van der Waals surface area contributed by atoms with E-state index in [2.05, 4.69) is 29.2 Å². The molecule has 3 aromatic carbocycles. The molecule has 0 aliphatic rings. The highest BCUT2D eigenvalue weighted by molar-refractivity contribution is 6.01. The predicted molar refractivity (Wildman–Crippen MR) is 137 cm³/mol. The van der Waals surface area contributed by atoms with Gasteiger partial charge >= 0.3 is 5.97 Å². The van der Waals surface area contributed by atoms with Crippen LogP contribution in [-0.4, -0.2) is 27.0 Å². The van der Waals surface area contributed by atoms with E-state index in [1.165, 1.54) is 6.07 Å². The van der Waals surface area contributed by atoms with Crippen LogP contribution in [0.15, 0.2) is 94.9 Å². The number of aromatic nitrogens is 1. The molecule has 0 spiro atoms. The molecule has 6 nitrogen and oxygen atoms in total. The standard InChI is InChI=1S/C29H26N2O4/c1-18-5-3-4-6-24(18)26(17-27(31-35)25-15-16-28(32)30-19(25)2)22-11-7-20(8-12-22)21-9-13-23(14-10-21)29(33)34/h3-16,26,35H,17H2,1-2H3,(H,30,32)(H,33,34)/b31-27+/t26-/m1/s1. The van der Waals surface area contributed by atoms with Crippen molar-refractivity contribution in [1.29, 1.82) is 0 Å². The molecule has 0 amide bonds. The van der Waals surface area contributed by atoms with Gasteiger partial charge in [0.05, 0.1) is 11.3 Å². The molecule has 0 bridgehead atoms. The van der Waals surface area contributed by atoms with Crippen molar-refractivity contribution in [3.63, 3.8) is 0 Å². The molecule has 1 atom stereocenters. The number of oxime groups is 1. The zero-order valence-corrected chi connectivity index (χ0v) is 19.5. The van der Waals surface area contributed by atoms with Gasteiger partial charge in [-0.05, 0) is 59.9 Å². The molecule has 0 unspecified atom stereocenters. The minimum Gasteiger partial charge on any atom is -0.478 e. The molecule has 6 heteroatoms. The second-order valence-corrected chi connectivity index (χ2v) is 8.53. The molecule has 4 aromatic rings. The number of pyridine rings is 1. The molecular formula is C29H26N2O4. The summed E-state index contributed by atoms with van der Waals surface area (Å²) in [6, 6.07) is 26.1. The van der Waals surface area contributed by atoms with Crippen molar-refractivity contribution < 1.29 is 15.1 Å². The highest BCUT2D eigenvalue weighted by Crippen LogP contribution is 2.33. The summed E-state index contributed by atoms with van der Waals surface area (Å²) in [5.74, 6) is -1.04. The number of hydrogen-bond acceptors (Lipinski definition) is 4. The van der Waals surface area contributed by atoms with Crippen molar-refractivity contribution in [2.24, 2.45) is 5.16 Å². The Morgan fingerprint density at radius 2 is 1.51 bits per heavy atom. The van der Waals surface area contributed by atoms with Gasteiger partial charge in [-0.25, -0.2) is 4.79 Å². The zero-order valence-electron chi connectivity index (χ0n) is 19.5. The lowest BCUT2D eigenvalue weighted by atomic mass is 9.83. The Labute approximate surface area is 203 Å². The minimum atomic E-state index is -0.952. The van der Waals surface area contributed by atoms with Crippen molar-refractivity contribution in [3.8, 4) is 11.1 Å². The summed E-state index contributed by atoms with van der Waals surface area (Å²) in [7, 11) is 0. The molecule has 0 aliphatic carbocycles. The molecular weight excluding hydrogens is 440 g/mol. The number of nitrogens with zero attached hydrogens (tertiary/aromatic N) is 1. The Morgan fingerprint density at radius 3 is 2.09 bits per heavy atom. The topological polar surface area (TPSA) is 103 Å². The predicted octanol–water partition coefficient (Wildman–Crippen LogP) is 5.76. The van der Waals surface area contributed by atoms with Gasteiger partial charge in [0.1, 0.15) is 0 Å². The van der Waals surface area contributed by atoms with Crippen LogP contribution in [0, 0.1) is 13.8 Å². The molecule has 4 rings (SSSR count). The van der Waals surface area contributed by atoms with E-state index in [1.54, 1.807) is 37.3 Å². The fourth-order valence-corrected chi connectivity index (χ4v) is 4.39. The summed E-state index contributed by atoms with van der Waals surface area (Å²) in [4.78, 5) is 25.6. The van der Waals surface area contributed by atoms with Gasteiger partial charge in [0.25, 0.3) is 0 Å². The second-order valence-electron chi connectivity index (χ2n) is 8.53. The third-order valence-corrected chi connectivity index (χ3v) is 6.29. The molecule has 35 heavy (non-hydrogen) atoms. The van der Waals surface area contributed by atoms with Crippen LogP contribution in [-0.2, 0) is 0 Å². The van der Waals surface area contributed by atoms with Crippen molar-refractivity contribution in [1.82, 2.24) is 4.98 Å². The highest BCUT2D eigenvalue weighted by atomic mass is 16.4.